The molecule has 26 heavy (non-hydrogen) atoms. The van der Waals surface area contributed by atoms with Crippen LogP contribution >= 0.6 is 0 Å². The number of rotatable bonds is 5. The van der Waals surface area contributed by atoms with E-state index in [1.165, 1.54) is 0 Å². The molecule has 1 aliphatic rings. The van der Waals surface area contributed by atoms with Crippen LogP contribution < -0.4 is 5.73 Å². The number of nitrogens with two attached hydrogens (primary N) is 1. The summed E-state index contributed by atoms with van der Waals surface area (Å²) in [5.41, 5.74) is 8.38. The van der Waals surface area contributed by atoms with Gasteiger partial charge in [0.2, 0.25) is 5.91 Å². The van der Waals surface area contributed by atoms with Gasteiger partial charge in [0.15, 0.2) is 0 Å². The molecular weight excluding hydrogens is 336 g/mol. The Bertz CT molecular complexity index is 834. The van der Waals surface area contributed by atoms with Crippen molar-refractivity contribution in [2.45, 2.75) is 12.5 Å². The van der Waals surface area contributed by atoms with Crippen molar-refractivity contribution < 1.29 is 24.3 Å². The third-order valence-corrected chi connectivity index (χ3v) is 4.46. The number of hydroxylamine groups is 2. The lowest BCUT2D eigenvalue weighted by Gasteiger charge is -2.26. The molecule has 0 radical (unpaired) electrons. The zero-order valence-corrected chi connectivity index (χ0v) is 14.1. The highest BCUT2D eigenvalue weighted by atomic mass is 16.5. The average Bonchev–Trinajstić information content (AvgIpc) is 2.98. The fourth-order valence-corrected chi connectivity index (χ4v) is 3.29. The third kappa shape index (κ3) is 2.93. The number of benzene rings is 2. The summed E-state index contributed by atoms with van der Waals surface area (Å²) in [7, 11) is 1.10. The molecule has 0 bridgehead atoms. The van der Waals surface area contributed by atoms with Crippen molar-refractivity contribution >= 4 is 17.8 Å². The van der Waals surface area contributed by atoms with Gasteiger partial charge in [0.05, 0.1) is 7.11 Å². The Hall–Kier alpha value is -3.19. The van der Waals surface area contributed by atoms with Crippen LogP contribution in [-0.4, -0.2) is 35.2 Å². The molecule has 0 aliphatic heterocycles. The van der Waals surface area contributed by atoms with Crippen molar-refractivity contribution in [3.8, 4) is 11.1 Å². The number of esters is 1. The van der Waals surface area contributed by atoms with Crippen LogP contribution in [0.1, 0.15) is 23.6 Å². The molecule has 0 spiro atoms. The van der Waals surface area contributed by atoms with Gasteiger partial charge in [-0.05, 0) is 22.3 Å². The molecule has 7 heteroatoms. The number of nitrogens with zero attached hydrogens (tertiary/aromatic N) is 1. The third-order valence-electron chi connectivity index (χ3n) is 4.46. The first-order chi connectivity index (χ1) is 12.5. The van der Waals surface area contributed by atoms with Crippen LogP contribution in [0.25, 0.3) is 11.1 Å². The van der Waals surface area contributed by atoms with E-state index in [1.54, 1.807) is 24.3 Å². The number of ether oxygens (including phenoxy) is 1. The maximum Gasteiger partial charge on any atom is 0.318 e. The summed E-state index contributed by atoms with van der Waals surface area (Å²) in [5, 5.41) is 11.2. The number of primary amides is 1. The first-order valence-electron chi connectivity index (χ1n) is 8.02. The minimum atomic E-state index is -1.50. The van der Waals surface area contributed by atoms with Gasteiger partial charge in [-0.1, -0.05) is 48.5 Å². The molecule has 2 amide bonds. The van der Waals surface area contributed by atoms with Crippen LogP contribution in [0.3, 0.4) is 0 Å². The van der Waals surface area contributed by atoms with Gasteiger partial charge < -0.3 is 10.5 Å². The molecule has 3 rings (SSSR count). The van der Waals surface area contributed by atoms with Crippen LogP contribution in [0.5, 0.6) is 0 Å². The number of methoxy groups -OCH3 is 1. The van der Waals surface area contributed by atoms with Crippen LogP contribution in [0, 0.1) is 5.92 Å². The van der Waals surface area contributed by atoms with Crippen LogP contribution in [0.2, 0.25) is 0 Å². The second kappa shape index (κ2) is 6.97. The van der Waals surface area contributed by atoms with Gasteiger partial charge in [0.25, 0.3) is 5.91 Å². The van der Waals surface area contributed by atoms with Gasteiger partial charge in [0, 0.05) is 6.42 Å². The number of hydrogen-bond acceptors (Lipinski definition) is 5. The Morgan fingerprint density at radius 1 is 1.08 bits per heavy atom. The number of hydrogen-bond donors (Lipinski definition) is 2. The molecule has 2 aromatic rings. The molecule has 1 aliphatic carbocycles. The summed E-state index contributed by atoms with van der Waals surface area (Å²) in [5.74, 6) is -4.20. The van der Waals surface area contributed by atoms with Crippen LogP contribution in [0.15, 0.2) is 48.5 Å². The maximum atomic E-state index is 12.8. The van der Waals surface area contributed by atoms with E-state index >= 15 is 0 Å². The lowest BCUT2D eigenvalue weighted by Crippen LogP contribution is -2.41. The molecule has 2 aromatic carbocycles. The largest absolute Gasteiger partial charge is 0.468 e. The Morgan fingerprint density at radius 3 is 2.04 bits per heavy atom. The van der Waals surface area contributed by atoms with Crippen molar-refractivity contribution in [2.75, 3.05) is 7.11 Å². The molecular formula is C19H18N2O5. The van der Waals surface area contributed by atoms with E-state index in [1.807, 2.05) is 24.3 Å². The summed E-state index contributed by atoms with van der Waals surface area (Å²) in [6.45, 7) is 0. The lowest BCUT2D eigenvalue weighted by molar-refractivity contribution is -0.182. The second-order valence-corrected chi connectivity index (χ2v) is 6.01. The van der Waals surface area contributed by atoms with Crippen molar-refractivity contribution in [3.63, 3.8) is 0 Å². The van der Waals surface area contributed by atoms with Gasteiger partial charge in [-0.2, -0.15) is 0 Å². The number of amides is 2. The van der Waals surface area contributed by atoms with E-state index in [0.29, 0.717) is 5.06 Å². The number of fused-ring (bicyclic) bond motifs is 3. The first kappa shape index (κ1) is 17.6. The zero-order valence-electron chi connectivity index (χ0n) is 14.1. The van der Waals surface area contributed by atoms with E-state index in [0.717, 1.165) is 29.4 Å². The fraction of sp³-hybridized carbons (Fsp3) is 0.211. The molecule has 0 aromatic heterocycles. The summed E-state index contributed by atoms with van der Waals surface area (Å²) in [6.07, 6.45) is -0.543. The Labute approximate surface area is 149 Å². The Morgan fingerprint density at radius 2 is 1.58 bits per heavy atom. The van der Waals surface area contributed by atoms with Gasteiger partial charge in [-0.25, -0.2) is 5.06 Å². The quantitative estimate of drug-likeness (QED) is 0.367. The average molecular weight is 354 g/mol. The van der Waals surface area contributed by atoms with E-state index in [-0.39, 0.29) is 0 Å². The van der Waals surface area contributed by atoms with Crippen molar-refractivity contribution in [1.82, 2.24) is 5.06 Å². The topological polar surface area (TPSA) is 110 Å². The highest BCUT2D eigenvalue weighted by Crippen LogP contribution is 2.45. The van der Waals surface area contributed by atoms with Crippen molar-refractivity contribution in [3.05, 3.63) is 59.7 Å². The van der Waals surface area contributed by atoms with Crippen molar-refractivity contribution in [1.29, 1.82) is 0 Å². The molecule has 1 unspecified atom stereocenters. The predicted octanol–water partition coefficient (Wildman–Crippen LogP) is 1.64. The van der Waals surface area contributed by atoms with Crippen LogP contribution in [-0.2, 0) is 19.1 Å². The van der Waals surface area contributed by atoms with E-state index in [9.17, 15) is 19.6 Å². The van der Waals surface area contributed by atoms with E-state index in [4.69, 9.17) is 5.73 Å². The molecule has 0 fully saturated rings. The fourth-order valence-electron chi connectivity index (χ4n) is 3.29. The van der Waals surface area contributed by atoms with E-state index < -0.39 is 36.2 Å². The standard InChI is InChI=1S/C19H18N2O5/c1-26-19(24)15(10-16(20)22)18(23)21(25)17-13-8-4-2-6-11(13)12-7-3-5-9-14(12)17/h2-9,15,17,25H,10H2,1H3,(H2,20,22). The highest BCUT2D eigenvalue weighted by Gasteiger charge is 2.40. The molecule has 3 N–H and O–H groups in total. The molecule has 7 nitrogen and oxygen atoms in total. The summed E-state index contributed by atoms with van der Waals surface area (Å²) < 4.78 is 4.58. The summed E-state index contributed by atoms with van der Waals surface area (Å²) >= 11 is 0. The molecule has 0 saturated heterocycles. The maximum absolute atomic E-state index is 12.8. The normalized spacial score (nSPS) is 13.5. The zero-order chi connectivity index (χ0) is 18.8. The molecule has 0 heterocycles. The molecule has 0 saturated carbocycles. The minimum Gasteiger partial charge on any atom is -0.468 e. The number of carbonyl (C=O) groups excluding carboxylic acids is 3. The first-order valence-corrected chi connectivity index (χ1v) is 8.02. The van der Waals surface area contributed by atoms with Gasteiger partial charge >= 0.3 is 5.97 Å². The summed E-state index contributed by atoms with van der Waals surface area (Å²) in [6, 6.07) is 14.0. The molecule has 134 valence electrons. The molecule has 1 atom stereocenters. The highest BCUT2D eigenvalue weighted by molar-refractivity contribution is 6.01. The minimum absolute atomic E-state index is 0.495. The monoisotopic (exact) mass is 354 g/mol. The van der Waals surface area contributed by atoms with Crippen molar-refractivity contribution in [2.24, 2.45) is 11.7 Å². The second-order valence-electron chi connectivity index (χ2n) is 6.01. The SMILES string of the molecule is COC(=O)C(CC(N)=O)C(=O)N(O)C1c2ccccc2-c2ccccc21. The predicted molar refractivity (Wildman–Crippen MR) is 91.7 cm³/mol. The summed E-state index contributed by atoms with van der Waals surface area (Å²) in [4.78, 5) is 35.9. The smallest absolute Gasteiger partial charge is 0.318 e. The van der Waals surface area contributed by atoms with E-state index in [2.05, 4.69) is 4.74 Å². The Kier molecular flexibility index (Phi) is 4.73. The Balaban J connectivity index is 2.01. The van der Waals surface area contributed by atoms with Crippen LogP contribution in [0.4, 0.5) is 0 Å². The van der Waals surface area contributed by atoms with Gasteiger partial charge in [-0.15, -0.1) is 0 Å². The lowest BCUT2D eigenvalue weighted by atomic mass is 10.0. The number of carbonyl (C=O) groups is 3. The van der Waals surface area contributed by atoms with Gasteiger partial charge in [-0.3, -0.25) is 19.6 Å². The van der Waals surface area contributed by atoms with Gasteiger partial charge in [0.1, 0.15) is 12.0 Å².